The molecule has 0 atom stereocenters. The highest BCUT2D eigenvalue weighted by Gasteiger charge is 2.31. The zero-order valence-corrected chi connectivity index (χ0v) is 12.7. The molecule has 6 heteroatoms. The number of nitrogens with zero attached hydrogens (tertiary/aromatic N) is 2. The maximum Gasteiger partial charge on any atom is 0.260 e. The molecule has 1 N–H and O–H groups in total. The summed E-state index contributed by atoms with van der Waals surface area (Å²) in [4.78, 5) is 6.97. The quantitative estimate of drug-likeness (QED) is 0.920. The number of sulfonamides is 1. The van der Waals surface area contributed by atoms with Crippen molar-refractivity contribution in [2.24, 2.45) is 11.8 Å². The molecule has 0 aliphatic carbocycles. The van der Waals surface area contributed by atoms with E-state index < -0.39 is 10.0 Å². The van der Waals surface area contributed by atoms with Crippen LogP contribution in [0.25, 0.3) is 0 Å². The van der Waals surface area contributed by atoms with Gasteiger partial charge in [0, 0.05) is 19.5 Å². The molecular weight excluding hydrogens is 262 g/mol. The maximum atomic E-state index is 12.4. The molecule has 1 aliphatic rings. The summed E-state index contributed by atoms with van der Waals surface area (Å²) in [6.07, 6.45) is 4.05. The molecular formula is C13H23N3O2S. The summed E-state index contributed by atoms with van der Waals surface area (Å²) in [7, 11) is -3.39. The number of piperidine rings is 1. The van der Waals surface area contributed by atoms with Crippen LogP contribution in [0.3, 0.4) is 0 Å². The minimum atomic E-state index is -3.39. The van der Waals surface area contributed by atoms with Gasteiger partial charge in [0.05, 0.1) is 6.20 Å². The number of aromatic nitrogens is 2. The minimum Gasteiger partial charge on any atom is -0.332 e. The second kappa shape index (κ2) is 5.63. The molecule has 1 fully saturated rings. The van der Waals surface area contributed by atoms with Gasteiger partial charge in [0.25, 0.3) is 10.0 Å². The van der Waals surface area contributed by atoms with Gasteiger partial charge < -0.3 is 4.98 Å². The monoisotopic (exact) mass is 285 g/mol. The second-order valence-corrected chi connectivity index (χ2v) is 7.44. The summed E-state index contributed by atoms with van der Waals surface area (Å²) in [6.45, 7) is 7.59. The highest BCUT2D eigenvalue weighted by Crippen LogP contribution is 2.27. The fourth-order valence-corrected chi connectivity index (χ4v) is 3.98. The largest absolute Gasteiger partial charge is 0.332 e. The molecule has 1 saturated heterocycles. The van der Waals surface area contributed by atoms with Gasteiger partial charge in [-0.3, -0.25) is 0 Å². The Kier molecular flexibility index (Phi) is 4.30. The Hall–Kier alpha value is -0.880. The zero-order chi connectivity index (χ0) is 14.0. The molecule has 0 amide bonds. The number of hydrogen-bond acceptors (Lipinski definition) is 3. The summed E-state index contributed by atoms with van der Waals surface area (Å²) in [5.74, 6) is 1.98. The Morgan fingerprint density at radius 3 is 2.53 bits per heavy atom. The number of nitrogens with one attached hydrogen (secondary N) is 1. The Morgan fingerprint density at radius 1 is 1.42 bits per heavy atom. The number of rotatable bonds is 4. The summed E-state index contributed by atoms with van der Waals surface area (Å²) in [5.41, 5.74) is 0. The van der Waals surface area contributed by atoms with Gasteiger partial charge in [-0.15, -0.1) is 0 Å². The minimum absolute atomic E-state index is 0.229. The average molecular weight is 285 g/mol. The van der Waals surface area contributed by atoms with Crippen molar-refractivity contribution in [3.8, 4) is 0 Å². The lowest BCUT2D eigenvalue weighted by molar-refractivity contribution is 0.226. The molecule has 0 saturated carbocycles. The highest BCUT2D eigenvalue weighted by atomic mass is 32.2. The molecule has 2 heterocycles. The van der Waals surface area contributed by atoms with E-state index in [9.17, 15) is 8.42 Å². The molecule has 0 aromatic carbocycles. The first-order valence-corrected chi connectivity index (χ1v) is 8.43. The first kappa shape index (κ1) is 14.5. The van der Waals surface area contributed by atoms with Gasteiger partial charge in [-0.2, -0.15) is 4.31 Å². The highest BCUT2D eigenvalue weighted by molar-refractivity contribution is 7.89. The topological polar surface area (TPSA) is 66.1 Å². The Labute approximate surface area is 115 Å². The van der Waals surface area contributed by atoms with Crippen LogP contribution in [-0.4, -0.2) is 35.8 Å². The SMILES string of the molecule is CCc1ncc(S(=O)(=O)N2CCC(C(C)C)CC2)[nH]1. The normalized spacial score (nSPS) is 19.2. The molecule has 0 bridgehead atoms. The standard InChI is InChI=1S/C13H23N3O2S/c1-4-12-14-9-13(15-12)19(17,18)16-7-5-11(6-8-16)10(2)3/h9-11H,4-8H2,1-3H3,(H,14,15). The smallest absolute Gasteiger partial charge is 0.260 e. The number of hydrogen-bond donors (Lipinski definition) is 1. The van der Waals surface area contributed by atoms with Crippen LogP contribution in [0.5, 0.6) is 0 Å². The molecule has 0 unspecified atom stereocenters. The van der Waals surface area contributed by atoms with Crippen LogP contribution in [0.1, 0.15) is 39.4 Å². The van der Waals surface area contributed by atoms with Crippen molar-refractivity contribution >= 4 is 10.0 Å². The van der Waals surface area contributed by atoms with Crippen molar-refractivity contribution in [3.05, 3.63) is 12.0 Å². The van der Waals surface area contributed by atoms with E-state index in [4.69, 9.17) is 0 Å². The second-order valence-electron chi connectivity index (χ2n) is 5.53. The van der Waals surface area contributed by atoms with E-state index in [1.165, 1.54) is 6.20 Å². The summed E-state index contributed by atoms with van der Waals surface area (Å²) < 4.78 is 26.5. The van der Waals surface area contributed by atoms with E-state index in [0.29, 0.717) is 31.3 Å². The van der Waals surface area contributed by atoms with E-state index >= 15 is 0 Å². The van der Waals surface area contributed by atoms with E-state index in [1.807, 2.05) is 6.92 Å². The van der Waals surface area contributed by atoms with Crippen molar-refractivity contribution < 1.29 is 8.42 Å². The van der Waals surface area contributed by atoms with E-state index in [2.05, 4.69) is 23.8 Å². The van der Waals surface area contributed by atoms with Crippen LogP contribution in [0, 0.1) is 11.8 Å². The molecule has 1 aliphatic heterocycles. The van der Waals surface area contributed by atoms with Crippen molar-refractivity contribution in [1.82, 2.24) is 14.3 Å². The van der Waals surface area contributed by atoms with E-state index in [-0.39, 0.29) is 5.03 Å². The Balaban J connectivity index is 2.09. The lowest BCUT2D eigenvalue weighted by atomic mass is 9.87. The van der Waals surface area contributed by atoms with Crippen LogP contribution in [0.2, 0.25) is 0 Å². The zero-order valence-electron chi connectivity index (χ0n) is 11.9. The summed E-state index contributed by atoms with van der Waals surface area (Å²) in [6, 6.07) is 0. The Bertz CT molecular complexity index is 514. The predicted molar refractivity (Wildman–Crippen MR) is 74.3 cm³/mol. The van der Waals surface area contributed by atoms with Crippen molar-refractivity contribution in [3.63, 3.8) is 0 Å². The molecule has 0 spiro atoms. The van der Waals surface area contributed by atoms with Gasteiger partial charge in [-0.05, 0) is 24.7 Å². The maximum absolute atomic E-state index is 12.4. The number of H-pyrrole nitrogens is 1. The van der Waals surface area contributed by atoms with E-state index in [1.54, 1.807) is 4.31 Å². The van der Waals surface area contributed by atoms with Gasteiger partial charge in [0.2, 0.25) is 0 Å². The van der Waals surface area contributed by atoms with Crippen molar-refractivity contribution in [1.29, 1.82) is 0 Å². The van der Waals surface area contributed by atoms with Gasteiger partial charge in [0.15, 0.2) is 5.03 Å². The molecule has 108 valence electrons. The van der Waals surface area contributed by atoms with Gasteiger partial charge in [-0.25, -0.2) is 13.4 Å². The van der Waals surface area contributed by atoms with Gasteiger partial charge in [-0.1, -0.05) is 20.8 Å². The number of aryl methyl sites for hydroxylation is 1. The van der Waals surface area contributed by atoms with E-state index in [0.717, 1.165) is 18.7 Å². The van der Waals surface area contributed by atoms with Crippen LogP contribution >= 0.6 is 0 Å². The third-order valence-corrected chi connectivity index (χ3v) is 5.81. The van der Waals surface area contributed by atoms with Gasteiger partial charge in [0.1, 0.15) is 5.82 Å². The Morgan fingerprint density at radius 2 is 2.05 bits per heavy atom. The number of imidazole rings is 1. The van der Waals surface area contributed by atoms with Crippen molar-refractivity contribution in [2.75, 3.05) is 13.1 Å². The van der Waals surface area contributed by atoms with Crippen LogP contribution in [0.15, 0.2) is 11.2 Å². The van der Waals surface area contributed by atoms with Crippen LogP contribution in [-0.2, 0) is 16.4 Å². The molecule has 0 radical (unpaired) electrons. The fraction of sp³-hybridized carbons (Fsp3) is 0.769. The third kappa shape index (κ3) is 3.00. The van der Waals surface area contributed by atoms with Crippen molar-refractivity contribution in [2.45, 2.75) is 45.1 Å². The lowest BCUT2D eigenvalue weighted by Crippen LogP contribution is -2.39. The molecule has 19 heavy (non-hydrogen) atoms. The molecule has 1 aromatic rings. The first-order chi connectivity index (χ1) is 8.95. The third-order valence-electron chi connectivity index (χ3n) is 4.00. The van der Waals surface area contributed by atoms with Crippen LogP contribution < -0.4 is 0 Å². The molecule has 5 nitrogen and oxygen atoms in total. The fourth-order valence-electron chi connectivity index (χ4n) is 2.58. The first-order valence-electron chi connectivity index (χ1n) is 6.99. The average Bonchev–Trinajstić information content (AvgIpc) is 2.88. The summed E-state index contributed by atoms with van der Waals surface area (Å²) in [5, 5.41) is 0.229. The van der Waals surface area contributed by atoms with Crippen LogP contribution in [0.4, 0.5) is 0 Å². The molecule has 2 rings (SSSR count). The molecule has 1 aromatic heterocycles. The summed E-state index contributed by atoms with van der Waals surface area (Å²) >= 11 is 0. The van der Waals surface area contributed by atoms with Gasteiger partial charge >= 0.3 is 0 Å². The number of aromatic amines is 1. The lowest BCUT2D eigenvalue weighted by Gasteiger charge is -2.32. The predicted octanol–water partition coefficient (Wildman–Crippen LogP) is 2.03.